The Bertz CT molecular complexity index is 305. The molecule has 0 rings (SSSR count). The van der Waals surface area contributed by atoms with E-state index in [4.69, 9.17) is 0 Å². The Balaban J connectivity index is 0. The first kappa shape index (κ1) is 22.6. The van der Waals surface area contributed by atoms with Crippen molar-refractivity contribution in [3.63, 3.8) is 0 Å². The van der Waals surface area contributed by atoms with Gasteiger partial charge < -0.3 is 4.55 Å². The molecule has 8 heteroatoms. The van der Waals surface area contributed by atoms with Crippen LogP contribution in [0.5, 0.6) is 0 Å². The van der Waals surface area contributed by atoms with Crippen molar-refractivity contribution in [2.75, 3.05) is 5.75 Å². The maximum Gasteiger partial charge on any atom is 1.00 e. The van der Waals surface area contributed by atoms with Crippen LogP contribution in [0.15, 0.2) is 0 Å². The van der Waals surface area contributed by atoms with Crippen molar-refractivity contribution in [3.8, 4) is 0 Å². The topological polar surface area (TPSA) is 57.2 Å². The first-order chi connectivity index (χ1) is 8.21. The van der Waals surface area contributed by atoms with Crippen LogP contribution in [0.25, 0.3) is 0 Å². The van der Waals surface area contributed by atoms with Crippen molar-refractivity contribution in [3.05, 3.63) is 0 Å². The summed E-state index contributed by atoms with van der Waals surface area (Å²) >= 11 is 0. The van der Waals surface area contributed by atoms with Crippen LogP contribution in [0.2, 0.25) is 0 Å². The van der Waals surface area contributed by atoms with E-state index in [0.29, 0.717) is 19.3 Å². The van der Waals surface area contributed by atoms with E-state index in [9.17, 15) is 26.1 Å². The Labute approximate surface area is 155 Å². The Morgan fingerprint density at radius 1 is 0.789 bits per heavy atom. The molecule has 0 aromatic carbocycles. The van der Waals surface area contributed by atoms with Gasteiger partial charge in [-0.05, 0) is 12.8 Å². The quantitative estimate of drug-likeness (QED) is 0.335. The van der Waals surface area contributed by atoms with Crippen LogP contribution >= 0.6 is 0 Å². The summed E-state index contributed by atoms with van der Waals surface area (Å²) in [6.45, 7) is 0. The molecule has 0 saturated heterocycles. The van der Waals surface area contributed by atoms with Crippen molar-refractivity contribution in [2.24, 2.45) is 0 Å². The molecule has 0 atom stereocenters. The largest absolute Gasteiger partial charge is 1.00 e. The number of halogens is 3. The van der Waals surface area contributed by atoms with Gasteiger partial charge in [0.2, 0.25) is 0 Å². The smallest absolute Gasteiger partial charge is 0.748 e. The summed E-state index contributed by atoms with van der Waals surface area (Å²) in [5, 5.41) is 0. The number of hydrogen-bond donors (Lipinski definition) is 0. The molecule has 0 saturated carbocycles. The maximum absolute atomic E-state index is 11.8. The van der Waals surface area contributed by atoms with Crippen LogP contribution in [0.1, 0.15) is 57.8 Å². The molecule has 0 fully saturated rings. The minimum Gasteiger partial charge on any atom is -0.748 e. The van der Waals surface area contributed by atoms with Crippen molar-refractivity contribution < 1.29 is 77.5 Å². The van der Waals surface area contributed by atoms with Crippen molar-refractivity contribution in [2.45, 2.75) is 64.0 Å². The Hall–Kier alpha value is 1.34. The summed E-state index contributed by atoms with van der Waals surface area (Å²) in [6, 6.07) is 0. The summed E-state index contributed by atoms with van der Waals surface area (Å²) in [5.41, 5.74) is 0. The first-order valence-electron chi connectivity index (χ1n) is 6.21. The van der Waals surface area contributed by atoms with Gasteiger partial charge in [0.1, 0.15) is 0 Å². The van der Waals surface area contributed by atoms with E-state index < -0.39 is 22.7 Å². The number of hydrogen-bond acceptors (Lipinski definition) is 3. The zero-order valence-corrected chi connectivity index (χ0v) is 15.3. The summed E-state index contributed by atoms with van der Waals surface area (Å²) in [7, 11) is -4.10. The third kappa shape index (κ3) is 21.8. The monoisotopic (exact) mass is 328 g/mol. The molecule has 110 valence electrons. The molecule has 0 aromatic rings. The molecule has 0 N–H and O–H groups in total. The molecule has 0 aliphatic heterocycles. The standard InChI is InChI=1S/C11H21F3O3S.K/c12-11(13,14)9-7-5-3-1-2-4-6-8-10-18(15,16)17;/h1-10H2,(H,15,16,17);/q;+1/p-1. The van der Waals surface area contributed by atoms with E-state index in [1.54, 1.807) is 0 Å². The molecule has 0 amide bonds. The third-order valence-electron chi connectivity index (χ3n) is 2.60. The fourth-order valence-electron chi connectivity index (χ4n) is 1.66. The summed E-state index contributed by atoms with van der Waals surface area (Å²) < 4.78 is 66.2. The molecule has 3 nitrogen and oxygen atoms in total. The summed E-state index contributed by atoms with van der Waals surface area (Å²) in [4.78, 5) is 0. The molecular weight excluding hydrogens is 308 g/mol. The number of alkyl halides is 3. The van der Waals surface area contributed by atoms with Crippen LogP contribution in [0, 0.1) is 0 Å². The summed E-state index contributed by atoms with van der Waals surface area (Å²) in [6.07, 6.45) is 0.395. The van der Waals surface area contributed by atoms with Gasteiger partial charge in [-0.2, -0.15) is 13.2 Å². The second kappa shape index (κ2) is 11.9. The van der Waals surface area contributed by atoms with Gasteiger partial charge in [0.05, 0.1) is 10.1 Å². The molecule has 0 unspecified atom stereocenters. The van der Waals surface area contributed by atoms with Gasteiger partial charge in [0, 0.05) is 12.2 Å². The van der Waals surface area contributed by atoms with Crippen LogP contribution < -0.4 is 51.4 Å². The van der Waals surface area contributed by atoms with E-state index in [-0.39, 0.29) is 63.6 Å². The molecule has 0 bridgehead atoms. The van der Waals surface area contributed by atoms with E-state index in [2.05, 4.69) is 0 Å². The van der Waals surface area contributed by atoms with Crippen LogP contribution in [-0.2, 0) is 10.1 Å². The average molecular weight is 328 g/mol. The van der Waals surface area contributed by atoms with Crippen molar-refractivity contribution in [1.29, 1.82) is 0 Å². The number of rotatable bonds is 10. The van der Waals surface area contributed by atoms with Gasteiger partial charge in [-0.15, -0.1) is 0 Å². The van der Waals surface area contributed by atoms with Gasteiger partial charge in [-0.25, -0.2) is 8.42 Å². The minimum absolute atomic E-state index is 0. The second-order valence-electron chi connectivity index (χ2n) is 4.46. The molecule has 0 spiro atoms. The molecule has 0 radical (unpaired) electrons. The Morgan fingerprint density at radius 2 is 1.16 bits per heavy atom. The fraction of sp³-hybridized carbons (Fsp3) is 1.00. The first-order valence-corrected chi connectivity index (χ1v) is 7.79. The maximum atomic E-state index is 11.8. The molecule has 19 heavy (non-hydrogen) atoms. The zero-order valence-electron chi connectivity index (χ0n) is 11.3. The van der Waals surface area contributed by atoms with Crippen LogP contribution in [-0.4, -0.2) is 24.9 Å². The SMILES string of the molecule is O=S(=O)([O-])CCCCCCCCCCC(F)(F)F.[K+]. The van der Waals surface area contributed by atoms with E-state index >= 15 is 0 Å². The van der Waals surface area contributed by atoms with Crippen molar-refractivity contribution >= 4 is 10.1 Å². The van der Waals surface area contributed by atoms with E-state index in [1.807, 2.05) is 0 Å². The van der Waals surface area contributed by atoms with E-state index in [1.165, 1.54) is 0 Å². The fourth-order valence-corrected chi connectivity index (χ4v) is 2.22. The van der Waals surface area contributed by atoms with Gasteiger partial charge in [-0.1, -0.05) is 38.5 Å². The minimum atomic E-state index is -4.10. The normalized spacial score (nSPS) is 12.2. The molecule has 0 aromatic heterocycles. The Morgan fingerprint density at radius 3 is 1.53 bits per heavy atom. The molecule has 0 aliphatic rings. The third-order valence-corrected chi connectivity index (χ3v) is 3.39. The van der Waals surface area contributed by atoms with Gasteiger partial charge >= 0.3 is 57.6 Å². The van der Waals surface area contributed by atoms with Crippen LogP contribution in [0.4, 0.5) is 13.2 Å². The molecular formula is C11H20F3KO3S. The summed E-state index contributed by atoms with van der Waals surface area (Å²) in [5.74, 6) is -0.321. The van der Waals surface area contributed by atoms with Crippen LogP contribution in [0.3, 0.4) is 0 Å². The predicted octanol–water partition coefficient (Wildman–Crippen LogP) is 0.609. The van der Waals surface area contributed by atoms with Gasteiger partial charge in [-0.3, -0.25) is 0 Å². The number of unbranched alkanes of at least 4 members (excludes halogenated alkanes) is 7. The predicted molar refractivity (Wildman–Crippen MR) is 62.2 cm³/mol. The molecule has 0 aliphatic carbocycles. The van der Waals surface area contributed by atoms with Gasteiger partial charge in [0.25, 0.3) is 0 Å². The Kier molecular flexibility index (Phi) is 14.2. The second-order valence-corrected chi connectivity index (χ2v) is 5.98. The average Bonchev–Trinajstić information content (AvgIpc) is 2.17. The molecule has 0 heterocycles. The van der Waals surface area contributed by atoms with Crippen molar-refractivity contribution in [1.82, 2.24) is 0 Å². The van der Waals surface area contributed by atoms with E-state index in [0.717, 1.165) is 25.7 Å². The van der Waals surface area contributed by atoms with Gasteiger partial charge in [0.15, 0.2) is 0 Å². The zero-order chi connectivity index (χ0) is 14.1.